The summed E-state index contributed by atoms with van der Waals surface area (Å²) in [6.45, 7) is 4.17. The zero-order valence-corrected chi connectivity index (χ0v) is 9.62. The highest BCUT2D eigenvalue weighted by atomic mass is 14.9. The van der Waals surface area contributed by atoms with Crippen LogP contribution in [0.25, 0.3) is 0 Å². The van der Waals surface area contributed by atoms with Gasteiger partial charge in [-0.25, -0.2) is 0 Å². The number of benzene rings is 1. The van der Waals surface area contributed by atoms with E-state index in [1.165, 1.54) is 0 Å². The van der Waals surface area contributed by atoms with Gasteiger partial charge in [-0.2, -0.15) is 10.5 Å². The summed E-state index contributed by atoms with van der Waals surface area (Å²) in [4.78, 5) is 0. The first-order valence-electron chi connectivity index (χ1n) is 5.46. The topological polar surface area (TPSA) is 59.6 Å². The Morgan fingerprint density at radius 3 is 2.00 bits per heavy atom. The maximum absolute atomic E-state index is 9.00. The lowest BCUT2D eigenvalue weighted by molar-refractivity contribution is 0.671. The molecular weight excluding hydrogens is 198 g/mol. The molecule has 0 amide bonds. The predicted octanol–water partition coefficient (Wildman–Crippen LogP) is 3.03. The lowest BCUT2D eigenvalue weighted by atomic mass is 10.1. The van der Waals surface area contributed by atoms with Gasteiger partial charge in [-0.3, -0.25) is 0 Å². The average molecular weight is 213 g/mol. The number of nitriles is 2. The fourth-order valence-corrected chi connectivity index (χ4v) is 1.59. The molecule has 0 aliphatic rings. The highest BCUT2D eigenvalue weighted by Crippen LogP contribution is 2.22. The summed E-state index contributed by atoms with van der Waals surface area (Å²) in [6, 6.07) is 9.71. The molecule has 1 rings (SSSR count). The molecule has 1 aromatic carbocycles. The van der Waals surface area contributed by atoms with Crippen LogP contribution >= 0.6 is 0 Å². The Labute approximate surface area is 96.3 Å². The molecule has 0 bridgehead atoms. The molecule has 0 aromatic heterocycles. The molecule has 0 spiro atoms. The van der Waals surface area contributed by atoms with Crippen molar-refractivity contribution in [3.63, 3.8) is 0 Å². The van der Waals surface area contributed by atoms with E-state index >= 15 is 0 Å². The number of rotatable bonds is 4. The summed E-state index contributed by atoms with van der Waals surface area (Å²) >= 11 is 0. The molecule has 1 N–H and O–H groups in total. The van der Waals surface area contributed by atoms with Gasteiger partial charge in [0.15, 0.2) is 0 Å². The second kappa shape index (κ2) is 5.78. The van der Waals surface area contributed by atoms with Crippen LogP contribution in [0.3, 0.4) is 0 Å². The number of para-hydroxylation sites is 1. The highest BCUT2D eigenvalue weighted by Gasteiger charge is 2.11. The van der Waals surface area contributed by atoms with Crippen molar-refractivity contribution in [2.75, 3.05) is 5.32 Å². The van der Waals surface area contributed by atoms with Crippen LogP contribution in [0.1, 0.15) is 37.8 Å². The molecule has 0 heterocycles. The van der Waals surface area contributed by atoms with Gasteiger partial charge < -0.3 is 5.32 Å². The van der Waals surface area contributed by atoms with E-state index in [0.29, 0.717) is 22.9 Å². The monoisotopic (exact) mass is 213 g/mol. The van der Waals surface area contributed by atoms with E-state index in [4.69, 9.17) is 10.5 Å². The van der Waals surface area contributed by atoms with Crippen molar-refractivity contribution in [1.29, 1.82) is 10.5 Å². The molecule has 0 saturated heterocycles. The lowest BCUT2D eigenvalue weighted by Crippen LogP contribution is -2.18. The maximum Gasteiger partial charge on any atom is 0.101 e. The van der Waals surface area contributed by atoms with Crippen molar-refractivity contribution in [2.45, 2.75) is 32.7 Å². The fourth-order valence-electron chi connectivity index (χ4n) is 1.59. The second-order valence-corrected chi connectivity index (χ2v) is 3.61. The summed E-state index contributed by atoms with van der Waals surface area (Å²) in [5, 5.41) is 21.3. The Balaban J connectivity index is 3.11. The maximum atomic E-state index is 9.00. The van der Waals surface area contributed by atoms with E-state index in [-0.39, 0.29) is 0 Å². The molecule has 0 fully saturated rings. The van der Waals surface area contributed by atoms with Crippen LogP contribution in [0, 0.1) is 22.7 Å². The molecule has 0 atom stereocenters. The fraction of sp³-hybridized carbons (Fsp3) is 0.385. The van der Waals surface area contributed by atoms with Crippen LogP contribution in [-0.2, 0) is 0 Å². The molecule has 3 nitrogen and oxygen atoms in total. The molecular formula is C13H15N3. The van der Waals surface area contributed by atoms with Crippen LogP contribution < -0.4 is 5.32 Å². The molecule has 0 unspecified atom stereocenters. The lowest BCUT2D eigenvalue weighted by Gasteiger charge is -2.18. The van der Waals surface area contributed by atoms with Gasteiger partial charge in [-0.1, -0.05) is 19.9 Å². The van der Waals surface area contributed by atoms with Gasteiger partial charge in [-0.05, 0) is 25.0 Å². The molecule has 0 aliphatic heterocycles. The Kier molecular flexibility index (Phi) is 4.36. The molecule has 0 saturated carbocycles. The average Bonchev–Trinajstić information content (AvgIpc) is 2.35. The molecule has 1 aromatic rings. The van der Waals surface area contributed by atoms with Crippen LogP contribution in [0.4, 0.5) is 5.69 Å². The van der Waals surface area contributed by atoms with E-state index in [1.807, 2.05) is 0 Å². The molecule has 3 heteroatoms. The van der Waals surface area contributed by atoms with Gasteiger partial charge in [-0.15, -0.1) is 0 Å². The van der Waals surface area contributed by atoms with E-state index < -0.39 is 0 Å². The summed E-state index contributed by atoms with van der Waals surface area (Å²) in [5.74, 6) is 0. The largest absolute Gasteiger partial charge is 0.380 e. The predicted molar refractivity (Wildman–Crippen MR) is 63.9 cm³/mol. The minimum Gasteiger partial charge on any atom is -0.380 e. The zero-order valence-electron chi connectivity index (χ0n) is 9.62. The Morgan fingerprint density at radius 1 is 1.12 bits per heavy atom. The van der Waals surface area contributed by atoms with Crippen LogP contribution in [-0.4, -0.2) is 6.04 Å². The third-order valence-corrected chi connectivity index (χ3v) is 2.64. The molecule has 82 valence electrons. The van der Waals surface area contributed by atoms with E-state index in [0.717, 1.165) is 12.8 Å². The number of hydrogen-bond donors (Lipinski definition) is 1. The van der Waals surface area contributed by atoms with Gasteiger partial charge in [0.1, 0.15) is 12.1 Å². The highest BCUT2D eigenvalue weighted by molar-refractivity contribution is 5.66. The van der Waals surface area contributed by atoms with Crippen LogP contribution in [0.15, 0.2) is 18.2 Å². The number of anilines is 1. The van der Waals surface area contributed by atoms with E-state index in [9.17, 15) is 0 Å². The summed E-state index contributed by atoms with van der Waals surface area (Å²) < 4.78 is 0. The first-order valence-corrected chi connectivity index (χ1v) is 5.46. The summed E-state index contributed by atoms with van der Waals surface area (Å²) in [6.07, 6.45) is 1.95. The smallest absolute Gasteiger partial charge is 0.101 e. The van der Waals surface area contributed by atoms with E-state index in [1.54, 1.807) is 18.2 Å². The summed E-state index contributed by atoms with van der Waals surface area (Å²) in [5.41, 5.74) is 1.73. The van der Waals surface area contributed by atoms with Crippen LogP contribution in [0.5, 0.6) is 0 Å². The van der Waals surface area contributed by atoms with E-state index in [2.05, 4.69) is 31.3 Å². The van der Waals surface area contributed by atoms with Gasteiger partial charge in [0.2, 0.25) is 0 Å². The SMILES string of the molecule is CCC(CC)Nc1c(C#N)cccc1C#N. The van der Waals surface area contributed by atoms with Crippen molar-refractivity contribution < 1.29 is 0 Å². The van der Waals surface area contributed by atoms with Gasteiger partial charge in [0, 0.05) is 6.04 Å². The third kappa shape index (κ3) is 2.52. The number of nitrogens with zero attached hydrogens (tertiary/aromatic N) is 2. The van der Waals surface area contributed by atoms with Crippen molar-refractivity contribution in [3.05, 3.63) is 29.3 Å². The first kappa shape index (κ1) is 12.1. The Hall–Kier alpha value is -2.00. The Morgan fingerprint density at radius 2 is 1.62 bits per heavy atom. The van der Waals surface area contributed by atoms with Gasteiger partial charge in [0.05, 0.1) is 16.8 Å². The molecule has 0 aliphatic carbocycles. The number of hydrogen-bond acceptors (Lipinski definition) is 3. The van der Waals surface area contributed by atoms with Crippen molar-refractivity contribution >= 4 is 5.69 Å². The van der Waals surface area contributed by atoms with Crippen molar-refractivity contribution in [1.82, 2.24) is 0 Å². The minimum absolute atomic E-state index is 0.307. The minimum atomic E-state index is 0.307. The Bertz CT molecular complexity index is 401. The standard InChI is InChI=1S/C13H15N3/c1-3-12(4-2)16-13-10(8-14)6-5-7-11(13)9-15/h5-7,12,16H,3-4H2,1-2H3. The van der Waals surface area contributed by atoms with Gasteiger partial charge >= 0.3 is 0 Å². The molecule has 0 radical (unpaired) electrons. The second-order valence-electron chi connectivity index (χ2n) is 3.61. The number of nitrogens with one attached hydrogen (secondary N) is 1. The summed E-state index contributed by atoms with van der Waals surface area (Å²) in [7, 11) is 0. The third-order valence-electron chi connectivity index (χ3n) is 2.64. The normalized spacial score (nSPS) is 9.56. The van der Waals surface area contributed by atoms with Crippen LogP contribution in [0.2, 0.25) is 0 Å². The van der Waals surface area contributed by atoms with Gasteiger partial charge in [0.25, 0.3) is 0 Å². The van der Waals surface area contributed by atoms with Crippen molar-refractivity contribution in [2.24, 2.45) is 0 Å². The molecule has 16 heavy (non-hydrogen) atoms. The van der Waals surface area contributed by atoms with Crippen molar-refractivity contribution in [3.8, 4) is 12.1 Å². The quantitative estimate of drug-likeness (QED) is 0.836. The first-order chi connectivity index (χ1) is 7.76. The zero-order chi connectivity index (χ0) is 12.0.